The number of aryl methyl sites for hydroxylation is 1. The molecule has 2 heterocycles. The molecule has 1 aromatic heterocycles. The highest BCUT2D eigenvalue weighted by molar-refractivity contribution is 5.80. The third kappa shape index (κ3) is 6.73. The topological polar surface area (TPSA) is 83.8 Å². The quantitative estimate of drug-likeness (QED) is 0.567. The number of carbonyl (C=O) groups excluding carboxylic acids is 1. The second kappa shape index (κ2) is 9.85. The molecule has 1 saturated heterocycles. The highest BCUT2D eigenvalue weighted by atomic mass is 16.6. The van der Waals surface area contributed by atoms with Crippen LogP contribution in [-0.2, 0) is 17.8 Å². The Morgan fingerprint density at radius 3 is 2.77 bits per heavy atom. The molecule has 1 amide bonds. The van der Waals surface area contributed by atoms with E-state index in [-0.39, 0.29) is 12.1 Å². The van der Waals surface area contributed by atoms with Gasteiger partial charge in [-0.3, -0.25) is 4.99 Å². The number of likely N-dealkylation sites (tertiary alicyclic amines) is 1. The number of hydrogen-bond donors (Lipinski definition) is 2. The van der Waals surface area contributed by atoms with Gasteiger partial charge in [0.15, 0.2) is 5.96 Å². The number of aromatic nitrogens is 2. The standard InChI is InChI=1S/C23H34N6O2/c1-17-25-10-12-28(17)15-19-8-6-7-18(13-19)14-26-21(24-5)29-11-9-20(16-29)27-22(30)31-23(2,3)4/h6-8,10,12-13,20H,9,11,14-16H2,1-5H3,(H,24,26)(H,27,30). The summed E-state index contributed by atoms with van der Waals surface area (Å²) in [5, 5.41) is 6.41. The predicted molar refractivity (Wildman–Crippen MR) is 122 cm³/mol. The van der Waals surface area contributed by atoms with E-state index in [0.717, 1.165) is 31.3 Å². The Morgan fingerprint density at radius 2 is 2.10 bits per heavy atom. The van der Waals surface area contributed by atoms with Gasteiger partial charge in [0.05, 0.1) is 6.04 Å². The summed E-state index contributed by atoms with van der Waals surface area (Å²) >= 11 is 0. The second-order valence-corrected chi connectivity index (χ2v) is 8.90. The molecule has 1 unspecified atom stereocenters. The van der Waals surface area contributed by atoms with Crippen LogP contribution in [0.15, 0.2) is 41.7 Å². The molecule has 31 heavy (non-hydrogen) atoms. The first kappa shape index (κ1) is 22.7. The van der Waals surface area contributed by atoms with Crippen molar-refractivity contribution >= 4 is 12.1 Å². The zero-order valence-corrected chi connectivity index (χ0v) is 19.2. The molecule has 2 N–H and O–H groups in total. The second-order valence-electron chi connectivity index (χ2n) is 8.90. The molecule has 8 heteroatoms. The van der Waals surface area contributed by atoms with Crippen LogP contribution < -0.4 is 10.6 Å². The van der Waals surface area contributed by atoms with Crippen molar-refractivity contribution in [3.05, 3.63) is 53.6 Å². The molecule has 168 valence electrons. The summed E-state index contributed by atoms with van der Waals surface area (Å²) in [6.45, 7) is 10.6. The number of alkyl carbamates (subject to hydrolysis) is 1. The number of imidazole rings is 1. The van der Waals surface area contributed by atoms with Crippen LogP contribution in [0, 0.1) is 6.92 Å². The molecule has 1 aliphatic heterocycles. The number of carbonyl (C=O) groups is 1. The minimum absolute atomic E-state index is 0.0511. The van der Waals surface area contributed by atoms with Crippen molar-refractivity contribution in [3.8, 4) is 0 Å². The third-order valence-electron chi connectivity index (χ3n) is 5.14. The summed E-state index contributed by atoms with van der Waals surface area (Å²) in [4.78, 5) is 22.9. The number of nitrogens with zero attached hydrogens (tertiary/aromatic N) is 4. The summed E-state index contributed by atoms with van der Waals surface area (Å²) < 4.78 is 7.50. The number of ether oxygens (including phenoxy) is 1. The Labute approximate surface area is 184 Å². The molecule has 1 fully saturated rings. The Morgan fingerprint density at radius 1 is 1.32 bits per heavy atom. The maximum atomic E-state index is 12.0. The van der Waals surface area contributed by atoms with Crippen molar-refractivity contribution in [3.63, 3.8) is 0 Å². The Kier molecular flexibility index (Phi) is 7.20. The predicted octanol–water partition coefficient (Wildman–Crippen LogP) is 2.91. The number of guanidine groups is 1. The van der Waals surface area contributed by atoms with Gasteiger partial charge in [-0.2, -0.15) is 0 Å². The van der Waals surface area contributed by atoms with Crippen molar-refractivity contribution in [2.45, 2.75) is 58.8 Å². The molecule has 0 saturated carbocycles. The van der Waals surface area contributed by atoms with E-state index in [0.29, 0.717) is 13.1 Å². The lowest BCUT2D eigenvalue weighted by Gasteiger charge is -2.23. The third-order valence-corrected chi connectivity index (χ3v) is 5.14. The zero-order chi connectivity index (χ0) is 22.4. The van der Waals surface area contributed by atoms with Gasteiger partial charge in [-0.05, 0) is 45.2 Å². The summed E-state index contributed by atoms with van der Waals surface area (Å²) in [5.74, 6) is 1.84. The van der Waals surface area contributed by atoms with Crippen LogP contribution in [0.1, 0.15) is 44.1 Å². The average Bonchev–Trinajstić information content (AvgIpc) is 3.30. The number of nitrogens with one attached hydrogen (secondary N) is 2. The van der Waals surface area contributed by atoms with Gasteiger partial charge in [0.1, 0.15) is 11.4 Å². The lowest BCUT2D eigenvalue weighted by Crippen LogP contribution is -2.44. The van der Waals surface area contributed by atoms with Crippen molar-refractivity contribution in [2.24, 2.45) is 4.99 Å². The SMILES string of the molecule is CN=C(NCc1cccc(Cn2ccnc2C)c1)N1CCC(NC(=O)OC(C)(C)C)C1. The van der Waals surface area contributed by atoms with Crippen LogP contribution in [0.4, 0.5) is 4.79 Å². The van der Waals surface area contributed by atoms with E-state index < -0.39 is 5.60 Å². The lowest BCUT2D eigenvalue weighted by molar-refractivity contribution is 0.0507. The van der Waals surface area contributed by atoms with Gasteiger partial charge in [0, 0.05) is 45.6 Å². The van der Waals surface area contributed by atoms with Gasteiger partial charge in [-0.1, -0.05) is 24.3 Å². The Bertz CT molecular complexity index is 915. The summed E-state index contributed by atoms with van der Waals surface area (Å²) in [6, 6.07) is 8.58. The fourth-order valence-electron chi connectivity index (χ4n) is 3.66. The fourth-order valence-corrected chi connectivity index (χ4v) is 3.66. The Hall–Kier alpha value is -3.03. The first-order valence-corrected chi connectivity index (χ1v) is 10.7. The molecule has 1 aromatic carbocycles. The van der Waals surface area contributed by atoms with E-state index in [4.69, 9.17) is 4.74 Å². The van der Waals surface area contributed by atoms with E-state index in [1.807, 2.05) is 40.1 Å². The molecule has 0 bridgehead atoms. The van der Waals surface area contributed by atoms with E-state index >= 15 is 0 Å². The fraction of sp³-hybridized carbons (Fsp3) is 0.522. The van der Waals surface area contributed by atoms with E-state index in [9.17, 15) is 4.79 Å². The molecule has 1 aliphatic rings. The first-order chi connectivity index (χ1) is 14.7. The van der Waals surface area contributed by atoms with E-state index in [1.54, 1.807) is 7.05 Å². The van der Waals surface area contributed by atoms with Crippen LogP contribution in [-0.4, -0.2) is 58.3 Å². The van der Waals surface area contributed by atoms with E-state index in [1.165, 1.54) is 11.1 Å². The van der Waals surface area contributed by atoms with E-state index in [2.05, 4.69) is 54.3 Å². The van der Waals surface area contributed by atoms with Gasteiger partial charge in [-0.25, -0.2) is 9.78 Å². The van der Waals surface area contributed by atoms with Gasteiger partial charge in [0.2, 0.25) is 0 Å². The lowest BCUT2D eigenvalue weighted by atomic mass is 10.1. The summed E-state index contributed by atoms with van der Waals surface area (Å²) in [5.41, 5.74) is 1.93. The van der Waals surface area contributed by atoms with Crippen molar-refractivity contribution < 1.29 is 9.53 Å². The highest BCUT2D eigenvalue weighted by Crippen LogP contribution is 2.13. The van der Waals surface area contributed by atoms with Gasteiger partial charge < -0.3 is 24.8 Å². The summed E-state index contributed by atoms with van der Waals surface area (Å²) in [6.07, 6.45) is 4.31. The van der Waals surface area contributed by atoms with Gasteiger partial charge >= 0.3 is 6.09 Å². The first-order valence-electron chi connectivity index (χ1n) is 10.7. The minimum atomic E-state index is -0.495. The number of aliphatic imine (C=N–C) groups is 1. The number of benzene rings is 1. The largest absolute Gasteiger partial charge is 0.444 e. The molecular formula is C23H34N6O2. The molecule has 8 nitrogen and oxygen atoms in total. The average molecular weight is 427 g/mol. The van der Waals surface area contributed by atoms with Crippen molar-refractivity contribution in [1.29, 1.82) is 0 Å². The molecule has 1 atom stereocenters. The minimum Gasteiger partial charge on any atom is -0.444 e. The van der Waals surface area contributed by atoms with Crippen LogP contribution in [0.25, 0.3) is 0 Å². The van der Waals surface area contributed by atoms with Crippen LogP contribution >= 0.6 is 0 Å². The van der Waals surface area contributed by atoms with Crippen LogP contribution in [0.5, 0.6) is 0 Å². The molecule has 3 rings (SSSR count). The zero-order valence-electron chi connectivity index (χ0n) is 19.2. The van der Waals surface area contributed by atoms with Gasteiger partial charge in [-0.15, -0.1) is 0 Å². The number of rotatable bonds is 5. The van der Waals surface area contributed by atoms with Crippen molar-refractivity contribution in [2.75, 3.05) is 20.1 Å². The summed E-state index contributed by atoms with van der Waals surface area (Å²) in [7, 11) is 1.79. The monoisotopic (exact) mass is 426 g/mol. The molecule has 0 radical (unpaired) electrons. The maximum absolute atomic E-state index is 12.0. The van der Waals surface area contributed by atoms with Crippen molar-refractivity contribution in [1.82, 2.24) is 25.1 Å². The molecule has 0 spiro atoms. The highest BCUT2D eigenvalue weighted by Gasteiger charge is 2.27. The maximum Gasteiger partial charge on any atom is 0.407 e. The number of amides is 1. The molecule has 0 aliphatic carbocycles. The number of hydrogen-bond acceptors (Lipinski definition) is 4. The smallest absolute Gasteiger partial charge is 0.407 e. The normalized spacial score (nSPS) is 17.0. The van der Waals surface area contributed by atoms with Crippen LogP contribution in [0.2, 0.25) is 0 Å². The van der Waals surface area contributed by atoms with Gasteiger partial charge in [0.25, 0.3) is 0 Å². The molecular weight excluding hydrogens is 392 g/mol. The van der Waals surface area contributed by atoms with Crippen LogP contribution in [0.3, 0.4) is 0 Å². The molecule has 2 aromatic rings. The Balaban J connectivity index is 1.51.